The van der Waals surface area contributed by atoms with Gasteiger partial charge < -0.3 is 25.8 Å². The van der Waals surface area contributed by atoms with E-state index in [9.17, 15) is 18.8 Å². The van der Waals surface area contributed by atoms with Crippen LogP contribution in [0.25, 0.3) is 0 Å². The SMILES string of the molecule is Cc1cccc(NC(=O)N2CCN(c3ccc(NC(=O)c4ccccc4)cc3C(=O)NCc3ccc(F)cc3)CC2)c1. The van der Waals surface area contributed by atoms with E-state index in [2.05, 4.69) is 20.9 Å². The molecule has 4 amide bonds. The predicted octanol–water partition coefficient (Wildman–Crippen LogP) is 5.67. The molecule has 1 fully saturated rings. The molecule has 4 aromatic rings. The summed E-state index contributed by atoms with van der Waals surface area (Å²) in [5.41, 5.74) is 4.64. The van der Waals surface area contributed by atoms with Crippen LogP contribution in [0.1, 0.15) is 31.8 Å². The molecule has 1 heterocycles. The minimum Gasteiger partial charge on any atom is -0.367 e. The molecule has 0 spiro atoms. The number of benzene rings is 4. The van der Waals surface area contributed by atoms with Crippen LogP contribution in [0, 0.1) is 12.7 Å². The van der Waals surface area contributed by atoms with Crippen molar-refractivity contribution in [2.24, 2.45) is 0 Å². The van der Waals surface area contributed by atoms with Crippen LogP contribution in [0.4, 0.5) is 26.2 Å². The van der Waals surface area contributed by atoms with Crippen molar-refractivity contribution in [2.45, 2.75) is 13.5 Å². The Bertz CT molecular complexity index is 1570. The summed E-state index contributed by atoms with van der Waals surface area (Å²) in [6.45, 7) is 4.18. The van der Waals surface area contributed by atoms with Gasteiger partial charge in [0.1, 0.15) is 5.82 Å². The highest BCUT2D eigenvalue weighted by Gasteiger charge is 2.25. The van der Waals surface area contributed by atoms with E-state index < -0.39 is 0 Å². The van der Waals surface area contributed by atoms with E-state index in [0.29, 0.717) is 48.7 Å². The molecule has 3 N–H and O–H groups in total. The van der Waals surface area contributed by atoms with Crippen molar-refractivity contribution in [2.75, 3.05) is 41.7 Å². The Labute approximate surface area is 244 Å². The number of piperazine rings is 1. The summed E-state index contributed by atoms with van der Waals surface area (Å²) >= 11 is 0. The Morgan fingerprint density at radius 1 is 0.738 bits per heavy atom. The maximum Gasteiger partial charge on any atom is 0.321 e. The van der Waals surface area contributed by atoms with E-state index in [1.807, 2.05) is 43.3 Å². The summed E-state index contributed by atoms with van der Waals surface area (Å²) in [5, 5.41) is 8.73. The zero-order chi connectivity index (χ0) is 29.5. The fourth-order valence-electron chi connectivity index (χ4n) is 4.82. The number of amides is 4. The number of nitrogens with one attached hydrogen (secondary N) is 3. The number of hydrogen-bond donors (Lipinski definition) is 3. The lowest BCUT2D eigenvalue weighted by Crippen LogP contribution is -2.50. The quantitative estimate of drug-likeness (QED) is 0.269. The number of carbonyl (C=O) groups is 3. The lowest BCUT2D eigenvalue weighted by molar-refractivity contribution is 0.0949. The molecule has 0 atom stereocenters. The minimum atomic E-state index is -0.346. The molecular formula is C33H32FN5O3. The van der Waals surface area contributed by atoms with Gasteiger partial charge in [-0.05, 0) is 72.6 Å². The van der Waals surface area contributed by atoms with Gasteiger partial charge in [0.05, 0.1) is 5.56 Å². The van der Waals surface area contributed by atoms with Crippen LogP contribution in [0.5, 0.6) is 0 Å². The van der Waals surface area contributed by atoms with Gasteiger partial charge in [-0.15, -0.1) is 0 Å². The van der Waals surface area contributed by atoms with Gasteiger partial charge in [-0.1, -0.05) is 42.5 Å². The molecule has 0 aromatic heterocycles. The lowest BCUT2D eigenvalue weighted by atomic mass is 10.1. The van der Waals surface area contributed by atoms with Gasteiger partial charge in [-0.25, -0.2) is 9.18 Å². The fraction of sp³-hybridized carbons (Fsp3) is 0.182. The first-order valence-electron chi connectivity index (χ1n) is 13.8. The summed E-state index contributed by atoms with van der Waals surface area (Å²) in [5.74, 6) is -0.958. The number of rotatable bonds is 7. The highest BCUT2D eigenvalue weighted by Crippen LogP contribution is 2.27. The number of aryl methyl sites for hydroxylation is 1. The molecule has 9 heteroatoms. The molecule has 5 rings (SSSR count). The van der Waals surface area contributed by atoms with E-state index in [4.69, 9.17) is 0 Å². The standard InChI is InChI=1S/C33H32FN5O3/c1-23-6-5-9-27(20-23)37-33(42)39-18-16-38(17-19-39)30-15-14-28(36-31(40)25-7-3-2-4-8-25)21-29(30)32(41)35-22-24-10-12-26(34)13-11-24/h2-15,20-21H,16-19,22H2,1H3,(H,35,41)(H,36,40)(H,37,42). The maximum absolute atomic E-state index is 13.5. The Morgan fingerprint density at radius 2 is 1.45 bits per heavy atom. The molecular weight excluding hydrogens is 533 g/mol. The van der Waals surface area contributed by atoms with Gasteiger partial charge in [-0.2, -0.15) is 0 Å². The van der Waals surface area contributed by atoms with Gasteiger partial charge in [0.2, 0.25) is 0 Å². The topological polar surface area (TPSA) is 93.8 Å². The van der Waals surface area contributed by atoms with Gasteiger partial charge in [0, 0.05) is 55.3 Å². The van der Waals surface area contributed by atoms with Crippen molar-refractivity contribution in [1.82, 2.24) is 10.2 Å². The van der Waals surface area contributed by atoms with Crippen LogP contribution in [-0.4, -0.2) is 48.9 Å². The summed E-state index contributed by atoms with van der Waals surface area (Å²) in [6.07, 6.45) is 0. The Kier molecular flexibility index (Phi) is 8.77. The number of carbonyl (C=O) groups excluding carboxylic acids is 3. The second-order valence-corrected chi connectivity index (χ2v) is 10.1. The summed E-state index contributed by atoms with van der Waals surface area (Å²) in [4.78, 5) is 42.9. The van der Waals surface area contributed by atoms with Gasteiger partial charge in [0.15, 0.2) is 0 Å². The molecule has 1 aliphatic heterocycles. The van der Waals surface area contributed by atoms with Gasteiger partial charge in [0.25, 0.3) is 11.8 Å². The average Bonchev–Trinajstić information content (AvgIpc) is 3.01. The molecule has 0 aliphatic carbocycles. The molecule has 0 saturated carbocycles. The third-order valence-electron chi connectivity index (χ3n) is 7.08. The molecule has 42 heavy (non-hydrogen) atoms. The molecule has 1 saturated heterocycles. The third kappa shape index (κ3) is 7.11. The maximum atomic E-state index is 13.5. The number of halogens is 1. The highest BCUT2D eigenvalue weighted by molar-refractivity contribution is 6.06. The Hall–Kier alpha value is -5.18. The smallest absolute Gasteiger partial charge is 0.321 e. The van der Waals surface area contributed by atoms with Crippen LogP contribution >= 0.6 is 0 Å². The van der Waals surface area contributed by atoms with E-state index in [1.165, 1.54) is 12.1 Å². The van der Waals surface area contributed by atoms with Crippen molar-refractivity contribution in [3.05, 3.63) is 125 Å². The zero-order valence-electron chi connectivity index (χ0n) is 23.3. The van der Waals surface area contributed by atoms with Gasteiger partial charge >= 0.3 is 6.03 Å². The molecule has 0 bridgehead atoms. The molecule has 1 aliphatic rings. The molecule has 0 unspecified atom stereocenters. The lowest BCUT2D eigenvalue weighted by Gasteiger charge is -2.37. The van der Waals surface area contributed by atoms with Crippen LogP contribution in [-0.2, 0) is 6.54 Å². The zero-order valence-corrected chi connectivity index (χ0v) is 23.3. The largest absolute Gasteiger partial charge is 0.367 e. The normalized spacial score (nSPS) is 12.9. The van der Waals surface area contributed by atoms with E-state index in [0.717, 1.165) is 16.8 Å². The van der Waals surface area contributed by atoms with Crippen LogP contribution in [0.3, 0.4) is 0 Å². The molecule has 8 nitrogen and oxygen atoms in total. The second-order valence-electron chi connectivity index (χ2n) is 10.1. The Balaban J connectivity index is 1.31. The highest BCUT2D eigenvalue weighted by atomic mass is 19.1. The number of nitrogens with zero attached hydrogens (tertiary/aromatic N) is 2. The second kappa shape index (κ2) is 13.0. The molecule has 4 aromatic carbocycles. The fourth-order valence-corrected chi connectivity index (χ4v) is 4.82. The number of anilines is 3. The number of hydrogen-bond acceptors (Lipinski definition) is 4. The van der Waals surface area contributed by atoms with Crippen LogP contribution in [0.15, 0.2) is 97.1 Å². The van der Waals surface area contributed by atoms with Crippen molar-refractivity contribution < 1.29 is 18.8 Å². The van der Waals surface area contributed by atoms with E-state index in [1.54, 1.807) is 53.4 Å². The predicted molar refractivity (Wildman–Crippen MR) is 162 cm³/mol. The molecule has 0 radical (unpaired) electrons. The molecule has 214 valence electrons. The van der Waals surface area contributed by atoms with Crippen molar-refractivity contribution in [3.63, 3.8) is 0 Å². The first-order chi connectivity index (χ1) is 20.4. The van der Waals surface area contributed by atoms with Crippen molar-refractivity contribution in [3.8, 4) is 0 Å². The van der Waals surface area contributed by atoms with Crippen molar-refractivity contribution in [1.29, 1.82) is 0 Å². The summed E-state index contributed by atoms with van der Waals surface area (Å²) in [7, 11) is 0. The monoisotopic (exact) mass is 565 g/mol. The summed E-state index contributed by atoms with van der Waals surface area (Å²) in [6, 6.07) is 27.5. The first kappa shape index (κ1) is 28.4. The van der Waals surface area contributed by atoms with Crippen LogP contribution in [0.2, 0.25) is 0 Å². The third-order valence-corrected chi connectivity index (χ3v) is 7.08. The van der Waals surface area contributed by atoms with E-state index >= 15 is 0 Å². The first-order valence-corrected chi connectivity index (χ1v) is 13.8. The average molecular weight is 566 g/mol. The van der Waals surface area contributed by atoms with Gasteiger partial charge in [-0.3, -0.25) is 9.59 Å². The Morgan fingerprint density at radius 3 is 2.17 bits per heavy atom. The van der Waals surface area contributed by atoms with Crippen LogP contribution < -0.4 is 20.9 Å². The summed E-state index contributed by atoms with van der Waals surface area (Å²) < 4.78 is 13.3. The minimum absolute atomic E-state index is 0.170. The van der Waals surface area contributed by atoms with E-state index in [-0.39, 0.29) is 30.2 Å². The number of urea groups is 1. The van der Waals surface area contributed by atoms with Crippen molar-refractivity contribution >= 4 is 34.9 Å².